The minimum atomic E-state index is -1.41. The number of carbonyl (C=O) groups excluding carboxylic acids is 4. The van der Waals surface area contributed by atoms with Gasteiger partial charge in [-0.05, 0) is 31.2 Å². The first-order valence-electron chi connectivity index (χ1n) is 15.6. The van der Waals surface area contributed by atoms with E-state index in [9.17, 15) is 34.2 Å². The fourth-order valence-corrected chi connectivity index (χ4v) is 5.93. The molecule has 0 bridgehead atoms. The van der Waals surface area contributed by atoms with Gasteiger partial charge in [0.1, 0.15) is 36.7 Å². The predicted octanol–water partition coefficient (Wildman–Crippen LogP) is -0.345. The molecule has 16 nitrogen and oxygen atoms in total. The van der Waals surface area contributed by atoms with Crippen LogP contribution >= 0.6 is 0 Å². The molecular formula is C30H44N6O10. The fraction of sp³-hybridized carbons (Fsp3) is 0.633. The molecule has 1 aromatic rings. The summed E-state index contributed by atoms with van der Waals surface area (Å²) in [6.07, 6.45) is 1.49. The van der Waals surface area contributed by atoms with E-state index < -0.39 is 72.9 Å². The number of rotatable bonds is 13. The largest absolute Gasteiger partial charge is 0.480 e. The molecule has 8 N–H and O–H groups in total. The summed E-state index contributed by atoms with van der Waals surface area (Å²) in [4.78, 5) is 60.3. The number of aliphatic hydroxyl groups is 1. The molecule has 2 unspecified atom stereocenters. The minimum Gasteiger partial charge on any atom is -0.480 e. The molecule has 16 heteroatoms. The number of hydrazine groups is 1. The molecule has 1 saturated carbocycles. The SMILES string of the molecule is CC(=O)N[C@H]1C(NC(=O)N[C@@H](CCNC(=O)NN[C@@H](C=O)Cc2ccccc2)C(=O)O)O[C@@H]2COC(C3CCCCC3)O[C@H]2[C@@H]1O. The number of hydrogen-bond donors (Lipinski definition) is 8. The van der Waals surface area contributed by atoms with Gasteiger partial charge < -0.3 is 50.5 Å². The van der Waals surface area contributed by atoms with Gasteiger partial charge in [0, 0.05) is 19.4 Å². The summed E-state index contributed by atoms with van der Waals surface area (Å²) in [5.74, 6) is -1.64. The first-order chi connectivity index (χ1) is 22.1. The summed E-state index contributed by atoms with van der Waals surface area (Å²) in [5, 5.41) is 30.7. The number of aliphatic carboxylic acids is 1. The number of hydrogen-bond acceptors (Lipinski definition) is 10. The number of urea groups is 2. The fourth-order valence-electron chi connectivity index (χ4n) is 5.93. The van der Waals surface area contributed by atoms with E-state index in [1.807, 2.05) is 30.3 Å². The molecule has 3 fully saturated rings. The van der Waals surface area contributed by atoms with Crippen molar-refractivity contribution in [2.24, 2.45) is 5.92 Å². The van der Waals surface area contributed by atoms with Gasteiger partial charge in [0.25, 0.3) is 0 Å². The molecule has 5 amide bonds. The van der Waals surface area contributed by atoms with Crippen molar-refractivity contribution in [3.8, 4) is 0 Å². The van der Waals surface area contributed by atoms with Crippen LogP contribution < -0.4 is 32.1 Å². The maximum atomic E-state index is 12.9. The summed E-state index contributed by atoms with van der Waals surface area (Å²) in [5.41, 5.74) is 5.85. The molecule has 4 rings (SSSR count). The van der Waals surface area contributed by atoms with Crippen molar-refractivity contribution in [1.82, 2.24) is 32.1 Å². The molecule has 0 aromatic heterocycles. The quantitative estimate of drug-likeness (QED) is 0.102. The van der Waals surface area contributed by atoms with Crippen LogP contribution in [-0.2, 0) is 35.0 Å². The van der Waals surface area contributed by atoms with E-state index in [2.05, 4.69) is 32.1 Å². The topological polar surface area (TPSA) is 226 Å². The Morgan fingerprint density at radius 2 is 1.76 bits per heavy atom. The van der Waals surface area contributed by atoms with Crippen molar-refractivity contribution in [3.05, 3.63) is 35.9 Å². The van der Waals surface area contributed by atoms with Crippen molar-refractivity contribution < 1.29 is 48.4 Å². The molecule has 8 atom stereocenters. The van der Waals surface area contributed by atoms with Crippen LogP contribution in [0.15, 0.2) is 30.3 Å². The van der Waals surface area contributed by atoms with Gasteiger partial charge in [-0.1, -0.05) is 49.6 Å². The van der Waals surface area contributed by atoms with Crippen molar-refractivity contribution in [3.63, 3.8) is 0 Å². The van der Waals surface area contributed by atoms with Crippen LogP contribution in [0.4, 0.5) is 9.59 Å². The van der Waals surface area contributed by atoms with Gasteiger partial charge >= 0.3 is 18.0 Å². The minimum absolute atomic E-state index is 0.107. The van der Waals surface area contributed by atoms with Gasteiger partial charge in [-0.2, -0.15) is 0 Å². The second-order valence-corrected chi connectivity index (χ2v) is 11.8. The maximum Gasteiger partial charge on any atom is 0.329 e. The van der Waals surface area contributed by atoms with Gasteiger partial charge in [0.15, 0.2) is 12.5 Å². The van der Waals surface area contributed by atoms with Crippen LogP contribution in [-0.4, -0.2) is 103 Å². The Morgan fingerprint density at radius 1 is 1.02 bits per heavy atom. The number of carbonyl (C=O) groups is 5. The summed E-state index contributed by atoms with van der Waals surface area (Å²) in [7, 11) is 0. The molecule has 1 aromatic carbocycles. The molecule has 0 radical (unpaired) electrons. The smallest absolute Gasteiger partial charge is 0.329 e. The van der Waals surface area contributed by atoms with Crippen molar-refractivity contribution >= 4 is 30.2 Å². The van der Waals surface area contributed by atoms with Crippen LogP contribution in [0.25, 0.3) is 0 Å². The molecular weight excluding hydrogens is 604 g/mol. The third-order valence-electron chi connectivity index (χ3n) is 8.27. The third kappa shape index (κ3) is 10.1. The standard InChI is InChI=1S/C30H44N6O10/c1-17(38)32-23-24(39)25-22(16-44-28(46-25)19-10-6-3-7-11-19)45-26(23)34-30(43)33-21(27(40)41)12-13-31-29(42)36-35-20(15-37)14-18-8-4-2-5-9-18/h2,4-5,8-9,15,19-26,28,35,39H,3,6-7,10-14,16H2,1H3,(H,32,38)(H,40,41)(H2,31,36,42)(H2,33,34,43)/t20-,21+,22-,23-,24-,25-,26?,28?/m1/s1. The van der Waals surface area contributed by atoms with Crippen molar-refractivity contribution in [2.45, 2.75) is 101 Å². The van der Waals surface area contributed by atoms with Gasteiger partial charge in [0.2, 0.25) is 5.91 Å². The van der Waals surface area contributed by atoms with Gasteiger partial charge in [-0.25, -0.2) is 19.8 Å². The zero-order valence-corrected chi connectivity index (χ0v) is 25.7. The lowest BCUT2D eigenvalue weighted by molar-refractivity contribution is -0.325. The molecule has 2 aliphatic heterocycles. The summed E-state index contributed by atoms with van der Waals surface area (Å²) in [6.45, 7) is 1.23. The normalized spacial score (nSPS) is 27.6. The van der Waals surface area contributed by atoms with E-state index in [0.717, 1.165) is 37.7 Å². The van der Waals surface area contributed by atoms with Gasteiger partial charge in [-0.3, -0.25) is 10.2 Å². The first kappa shape index (κ1) is 35.0. The van der Waals surface area contributed by atoms with Crippen LogP contribution in [0, 0.1) is 5.92 Å². The van der Waals surface area contributed by atoms with Crippen LogP contribution in [0.5, 0.6) is 0 Å². The van der Waals surface area contributed by atoms with E-state index in [1.165, 1.54) is 6.92 Å². The number of carboxylic acids is 1. The number of nitrogens with one attached hydrogen (secondary N) is 6. The highest BCUT2D eigenvalue weighted by Gasteiger charge is 2.51. The highest BCUT2D eigenvalue weighted by Crippen LogP contribution is 2.35. The van der Waals surface area contributed by atoms with Crippen molar-refractivity contribution in [1.29, 1.82) is 0 Å². The van der Waals surface area contributed by atoms with Crippen LogP contribution in [0.1, 0.15) is 51.0 Å². The lowest BCUT2D eigenvalue weighted by atomic mass is 9.87. The first-order valence-corrected chi connectivity index (χ1v) is 15.6. The third-order valence-corrected chi connectivity index (χ3v) is 8.27. The number of aliphatic hydroxyl groups excluding tert-OH is 1. The zero-order valence-electron chi connectivity index (χ0n) is 25.7. The van der Waals surface area contributed by atoms with E-state index in [1.54, 1.807) is 0 Å². The average molecular weight is 649 g/mol. The molecule has 2 heterocycles. The van der Waals surface area contributed by atoms with E-state index in [-0.39, 0.29) is 25.5 Å². The number of aldehydes is 1. The highest BCUT2D eigenvalue weighted by molar-refractivity contribution is 5.83. The Hall–Kier alpha value is -3.83. The summed E-state index contributed by atoms with van der Waals surface area (Å²) in [6, 6.07) is 4.38. The Bertz CT molecular complexity index is 1190. The summed E-state index contributed by atoms with van der Waals surface area (Å²) < 4.78 is 18.0. The van der Waals surface area contributed by atoms with Crippen LogP contribution in [0.2, 0.25) is 0 Å². The maximum absolute atomic E-state index is 12.9. The number of carboxylic acid groups (broad SMARTS) is 1. The number of amides is 5. The highest BCUT2D eigenvalue weighted by atomic mass is 16.7. The molecule has 1 aliphatic carbocycles. The molecule has 2 saturated heterocycles. The van der Waals surface area contributed by atoms with Gasteiger partial charge in [-0.15, -0.1) is 0 Å². The van der Waals surface area contributed by atoms with E-state index in [0.29, 0.717) is 12.7 Å². The molecule has 254 valence electrons. The predicted molar refractivity (Wildman–Crippen MR) is 161 cm³/mol. The van der Waals surface area contributed by atoms with E-state index >= 15 is 0 Å². The van der Waals surface area contributed by atoms with Crippen LogP contribution in [0.3, 0.4) is 0 Å². The summed E-state index contributed by atoms with van der Waals surface area (Å²) >= 11 is 0. The van der Waals surface area contributed by atoms with E-state index in [4.69, 9.17) is 14.2 Å². The number of ether oxygens (including phenoxy) is 3. The Balaban J connectivity index is 1.25. The number of benzene rings is 1. The lowest BCUT2D eigenvalue weighted by Gasteiger charge is -2.49. The molecule has 0 spiro atoms. The second kappa shape index (κ2) is 17.2. The average Bonchev–Trinajstić information content (AvgIpc) is 3.05. The molecule has 3 aliphatic rings. The monoisotopic (exact) mass is 648 g/mol. The Labute approximate surface area is 266 Å². The molecule has 46 heavy (non-hydrogen) atoms. The second-order valence-electron chi connectivity index (χ2n) is 11.8. The number of fused-ring (bicyclic) bond motifs is 1. The zero-order chi connectivity index (χ0) is 33.1. The lowest BCUT2D eigenvalue weighted by Crippen LogP contribution is -2.71. The Morgan fingerprint density at radius 3 is 2.43 bits per heavy atom. The van der Waals surface area contributed by atoms with Gasteiger partial charge in [0.05, 0.1) is 12.6 Å². The Kier molecular flexibility index (Phi) is 13.1. The van der Waals surface area contributed by atoms with Crippen molar-refractivity contribution in [2.75, 3.05) is 13.2 Å².